The summed E-state index contributed by atoms with van der Waals surface area (Å²) in [7, 11) is 0. The van der Waals surface area contributed by atoms with Crippen molar-refractivity contribution >= 4 is 22.7 Å². The van der Waals surface area contributed by atoms with Crippen molar-refractivity contribution in [2.75, 3.05) is 13.1 Å². The second kappa shape index (κ2) is 4.25. The monoisotopic (exact) mass is 264 g/mol. The third kappa shape index (κ3) is 1.73. The molecular formula is C14H17ClN2O. The summed E-state index contributed by atoms with van der Waals surface area (Å²) in [4.78, 5) is 4.67. The smallest absolute Gasteiger partial charge is 0.203 e. The molecule has 18 heavy (non-hydrogen) atoms. The topological polar surface area (TPSA) is 38.1 Å². The Labute approximate surface area is 112 Å². The van der Waals surface area contributed by atoms with Crippen LogP contribution in [0.2, 0.25) is 5.02 Å². The highest BCUT2D eigenvalue weighted by atomic mass is 35.5. The lowest BCUT2D eigenvalue weighted by Crippen LogP contribution is -2.28. The number of oxazole rings is 1. The van der Waals surface area contributed by atoms with Gasteiger partial charge in [0.1, 0.15) is 5.52 Å². The molecule has 1 atom stereocenters. The number of aryl methyl sites for hydroxylation is 1. The fourth-order valence-electron chi connectivity index (χ4n) is 2.76. The Balaban J connectivity index is 2.16. The summed E-state index contributed by atoms with van der Waals surface area (Å²) in [6.45, 7) is 6.19. The molecule has 3 nitrogen and oxygen atoms in total. The molecule has 0 saturated carbocycles. The van der Waals surface area contributed by atoms with E-state index in [-0.39, 0.29) is 5.41 Å². The summed E-state index contributed by atoms with van der Waals surface area (Å²) in [5, 5.41) is 4.12. The number of nitrogens with one attached hydrogen (secondary N) is 1. The van der Waals surface area contributed by atoms with Crippen molar-refractivity contribution in [1.82, 2.24) is 10.3 Å². The Hall–Kier alpha value is -1.06. The van der Waals surface area contributed by atoms with E-state index in [4.69, 9.17) is 16.0 Å². The van der Waals surface area contributed by atoms with Gasteiger partial charge in [-0.3, -0.25) is 0 Å². The van der Waals surface area contributed by atoms with Gasteiger partial charge in [0, 0.05) is 11.6 Å². The van der Waals surface area contributed by atoms with E-state index < -0.39 is 0 Å². The minimum Gasteiger partial charge on any atom is -0.440 e. The van der Waals surface area contributed by atoms with Gasteiger partial charge in [0.05, 0.1) is 5.41 Å². The summed E-state index contributed by atoms with van der Waals surface area (Å²) >= 11 is 6.07. The first-order valence-corrected chi connectivity index (χ1v) is 6.80. The molecule has 0 spiro atoms. The molecule has 1 saturated heterocycles. The molecule has 96 valence electrons. The first-order chi connectivity index (χ1) is 8.64. The molecule has 0 amide bonds. The predicted molar refractivity (Wildman–Crippen MR) is 73.2 cm³/mol. The van der Waals surface area contributed by atoms with Crippen molar-refractivity contribution in [2.24, 2.45) is 0 Å². The van der Waals surface area contributed by atoms with Crippen LogP contribution in [0.1, 0.15) is 31.2 Å². The average molecular weight is 265 g/mol. The Morgan fingerprint density at radius 1 is 1.50 bits per heavy atom. The van der Waals surface area contributed by atoms with Crippen LogP contribution in [0.25, 0.3) is 11.1 Å². The summed E-state index contributed by atoms with van der Waals surface area (Å²) < 4.78 is 6.02. The molecule has 1 aliphatic rings. The molecule has 4 heteroatoms. The van der Waals surface area contributed by atoms with Crippen LogP contribution in [-0.2, 0) is 5.41 Å². The van der Waals surface area contributed by atoms with Gasteiger partial charge in [-0.1, -0.05) is 18.5 Å². The van der Waals surface area contributed by atoms with Gasteiger partial charge in [-0.05, 0) is 44.0 Å². The van der Waals surface area contributed by atoms with E-state index in [1.165, 1.54) is 0 Å². The van der Waals surface area contributed by atoms with Crippen molar-refractivity contribution in [3.05, 3.63) is 28.6 Å². The van der Waals surface area contributed by atoms with E-state index >= 15 is 0 Å². The fraction of sp³-hybridized carbons (Fsp3) is 0.500. The zero-order valence-electron chi connectivity index (χ0n) is 10.7. The summed E-state index contributed by atoms with van der Waals surface area (Å²) in [5.74, 6) is 0.857. The number of halogens is 1. The number of nitrogens with zero attached hydrogens (tertiary/aromatic N) is 1. The van der Waals surface area contributed by atoms with Crippen molar-refractivity contribution in [3.63, 3.8) is 0 Å². The second-order valence-electron chi connectivity index (χ2n) is 5.15. The molecule has 1 N–H and O–H groups in total. The van der Waals surface area contributed by atoms with E-state index in [1.807, 2.05) is 19.1 Å². The molecule has 1 fully saturated rings. The van der Waals surface area contributed by atoms with E-state index in [1.54, 1.807) is 0 Å². The van der Waals surface area contributed by atoms with Crippen molar-refractivity contribution in [1.29, 1.82) is 0 Å². The highest BCUT2D eigenvalue weighted by molar-refractivity contribution is 6.31. The molecule has 1 aliphatic heterocycles. The van der Waals surface area contributed by atoms with E-state index in [2.05, 4.69) is 17.2 Å². The molecule has 3 rings (SSSR count). The predicted octanol–water partition coefficient (Wildman–Crippen LogP) is 3.43. The third-order valence-corrected chi connectivity index (χ3v) is 4.23. The van der Waals surface area contributed by atoms with Gasteiger partial charge in [-0.25, -0.2) is 4.98 Å². The maximum absolute atomic E-state index is 6.07. The van der Waals surface area contributed by atoms with Crippen molar-refractivity contribution in [3.8, 4) is 0 Å². The van der Waals surface area contributed by atoms with Crippen LogP contribution in [-0.4, -0.2) is 18.1 Å². The minimum absolute atomic E-state index is 0.0535. The standard InChI is InChI=1S/C14H17ClN2O/c1-3-14(4-5-16-8-14)13-17-11-7-10(15)6-9(2)12(11)18-13/h6-7,16H,3-5,8H2,1-2H3. The lowest BCUT2D eigenvalue weighted by atomic mass is 9.84. The lowest BCUT2D eigenvalue weighted by molar-refractivity contribution is 0.344. The second-order valence-corrected chi connectivity index (χ2v) is 5.59. The van der Waals surface area contributed by atoms with Crippen LogP contribution < -0.4 is 5.32 Å². The molecule has 1 aromatic carbocycles. The Bertz CT molecular complexity index is 585. The molecule has 0 bridgehead atoms. The zero-order valence-corrected chi connectivity index (χ0v) is 11.5. The lowest BCUT2D eigenvalue weighted by Gasteiger charge is -2.21. The molecule has 2 heterocycles. The summed E-state index contributed by atoms with van der Waals surface area (Å²) in [6, 6.07) is 3.80. The molecule has 0 aliphatic carbocycles. The zero-order chi connectivity index (χ0) is 12.8. The maximum atomic E-state index is 6.07. The molecule has 0 radical (unpaired) electrons. The van der Waals surface area contributed by atoms with E-state index in [0.29, 0.717) is 0 Å². The highest BCUT2D eigenvalue weighted by Gasteiger charge is 2.38. The largest absolute Gasteiger partial charge is 0.440 e. The third-order valence-electron chi connectivity index (χ3n) is 4.01. The maximum Gasteiger partial charge on any atom is 0.203 e. The Kier molecular flexibility index (Phi) is 2.83. The number of rotatable bonds is 2. The highest BCUT2D eigenvalue weighted by Crippen LogP contribution is 2.36. The first kappa shape index (κ1) is 12.0. The number of aromatic nitrogens is 1. The van der Waals surface area contributed by atoms with Crippen LogP contribution in [0, 0.1) is 6.92 Å². The SMILES string of the molecule is CCC1(c2nc3cc(Cl)cc(C)c3o2)CCNC1. The molecule has 1 unspecified atom stereocenters. The normalized spacial score (nSPS) is 23.9. The number of fused-ring (bicyclic) bond motifs is 1. The van der Waals surface area contributed by atoms with Gasteiger partial charge < -0.3 is 9.73 Å². The summed E-state index contributed by atoms with van der Waals surface area (Å²) in [6.07, 6.45) is 2.13. The van der Waals surface area contributed by atoms with Crippen molar-refractivity contribution < 1.29 is 4.42 Å². The molecule has 2 aromatic rings. The summed E-state index contributed by atoms with van der Waals surface area (Å²) in [5.41, 5.74) is 2.84. The van der Waals surface area contributed by atoms with Crippen LogP contribution in [0.4, 0.5) is 0 Å². The number of benzene rings is 1. The van der Waals surface area contributed by atoms with E-state index in [0.717, 1.165) is 53.5 Å². The van der Waals surface area contributed by atoms with Gasteiger partial charge in [-0.2, -0.15) is 0 Å². The average Bonchev–Trinajstić information content (AvgIpc) is 2.94. The van der Waals surface area contributed by atoms with Gasteiger partial charge in [0.15, 0.2) is 5.58 Å². The van der Waals surface area contributed by atoms with Crippen LogP contribution in [0.5, 0.6) is 0 Å². The van der Waals surface area contributed by atoms with Gasteiger partial charge in [0.25, 0.3) is 0 Å². The van der Waals surface area contributed by atoms with Crippen molar-refractivity contribution in [2.45, 2.75) is 32.1 Å². The Morgan fingerprint density at radius 3 is 3.00 bits per heavy atom. The molecule has 1 aromatic heterocycles. The van der Waals surface area contributed by atoms with Gasteiger partial charge in [0.2, 0.25) is 5.89 Å². The minimum atomic E-state index is 0.0535. The quantitative estimate of drug-likeness (QED) is 0.903. The first-order valence-electron chi connectivity index (χ1n) is 6.42. The number of hydrogen-bond donors (Lipinski definition) is 1. The number of hydrogen-bond acceptors (Lipinski definition) is 3. The van der Waals surface area contributed by atoms with Gasteiger partial charge in [-0.15, -0.1) is 0 Å². The van der Waals surface area contributed by atoms with Crippen LogP contribution in [0.15, 0.2) is 16.5 Å². The molecular weight excluding hydrogens is 248 g/mol. The fourth-order valence-corrected chi connectivity index (χ4v) is 3.03. The van der Waals surface area contributed by atoms with Crippen LogP contribution in [0.3, 0.4) is 0 Å². The van der Waals surface area contributed by atoms with Gasteiger partial charge >= 0.3 is 0 Å². The Morgan fingerprint density at radius 2 is 2.33 bits per heavy atom. The van der Waals surface area contributed by atoms with Crippen LogP contribution >= 0.6 is 11.6 Å². The van der Waals surface area contributed by atoms with E-state index in [9.17, 15) is 0 Å².